The fraction of sp³-hybridized carbons (Fsp3) is 0.321. The number of aliphatic carboxylic acids is 1. The van der Waals surface area contributed by atoms with Crippen LogP contribution in [-0.4, -0.2) is 120 Å². The number of ether oxygens (including phenoxy) is 5. The van der Waals surface area contributed by atoms with Crippen molar-refractivity contribution in [1.82, 2.24) is 37.2 Å². The van der Waals surface area contributed by atoms with E-state index in [1.165, 1.54) is 89.0 Å². The fourth-order valence-corrected chi connectivity index (χ4v) is 10.2. The van der Waals surface area contributed by atoms with Gasteiger partial charge in [-0.3, -0.25) is 33.6 Å². The SMILES string of the molecule is CN[C@H](CC(C)C)C(=O)N[C@H]1C(=O)N[C@@H](CC(N)=O)C(=O)N[C@H]2C(=O)N[C@H]3C(=O)N[C@H](C(=O)N[C@H](C(=O)O)c4cc(OC)cc(OC)c4-c4cc3ccc4OC)[C@H](O)c3ccc(c(Cl)c3)Oc3cc2cc(c3O)Oc2ccc(cc2Cl)[C@H]1O. The molecule has 0 fully saturated rings. The molecule has 0 radical (unpaired) electrons. The summed E-state index contributed by atoms with van der Waals surface area (Å²) in [6.45, 7) is 3.71. The van der Waals surface area contributed by atoms with E-state index in [-0.39, 0.29) is 90.1 Å². The van der Waals surface area contributed by atoms with Crippen LogP contribution in [0.3, 0.4) is 0 Å². The van der Waals surface area contributed by atoms with Crippen LogP contribution < -0.4 is 66.6 Å². The molecule has 10 rings (SSSR count). The van der Waals surface area contributed by atoms with Gasteiger partial charge in [0.05, 0.1) is 43.8 Å². The number of fused-ring (bicyclic) bond motifs is 15. The quantitative estimate of drug-likeness (QED) is 0.0902. The largest absolute Gasteiger partial charge is 0.502 e. The number of carboxylic acids is 1. The summed E-state index contributed by atoms with van der Waals surface area (Å²) < 4.78 is 29.4. The maximum absolute atomic E-state index is 15.6. The summed E-state index contributed by atoms with van der Waals surface area (Å²) in [6, 6.07) is 3.48. The van der Waals surface area contributed by atoms with Crippen LogP contribution in [0, 0.1) is 5.92 Å². The summed E-state index contributed by atoms with van der Waals surface area (Å²) >= 11 is 13.6. The Bertz CT molecular complexity index is 3440. The van der Waals surface area contributed by atoms with Crippen LogP contribution in [0.5, 0.6) is 46.0 Å². The van der Waals surface area contributed by atoms with Crippen LogP contribution in [0.4, 0.5) is 0 Å². The highest BCUT2D eigenvalue weighted by molar-refractivity contribution is 6.32. The molecule has 5 heterocycles. The lowest BCUT2D eigenvalue weighted by molar-refractivity contribution is -0.143. The normalized spacial score (nSPS) is 21.9. The fourth-order valence-electron chi connectivity index (χ4n) is 9.76. The van der Waals surface area contributed by atoms with E-state index < -0.39 is 125 Å². The number of phenolic OH excluding ortho intramolecular Hbond substituents is 1. The zero-order chi connectivity index (χ0) is 60.3. The van der Waals surface area contributed by atoms with Crippen LogP contribution in [-0.2, 0) is 38.4 Å². The van der Waals surface area contributed by atoms with Crippen LogP contribution in [0.2, 0.25) is 10.0 Å². The number of primary amides is 1. The molecule has 25 nitrogen and oxygen atoms in total. The second-order valence-corrected chi connectivity index (χ2v) is 20.7. The number of carbonyl (C=O) groups is 8. The molecule has 0 aliphatic carbocycles. The summed E-state index contributed by atoms with van der Waals surface area (Å²) in [6.07, 6.45) is -4.64. The minimum absolute atomic E-state index is 0.00494. The predicted octanol–water partition coefficient (Wildman–Crippen LogP) is 3.30. The van der Waals surface area contributed by atoms with Gasteiger partial charge in [0.2, 0.25) is 47.1 Å². The minimum Gasteiger partial charge on any atom is -0.502 e. The molecule has 0 saturated carbocycles. The van der Waals surface area contributed by atoms with Gasteiger partial charge >= 0.3 is 5.97 Å². The lowest BCUT2D eigenvalue weighted by Gasteiger charge is -2.31. The van der Waals surface area contributed by atoms with Crippen molar-refractivity contribution >= 4 is 70.5 Å². The zero-order valence-corrected chi connectivity index (χ0v) is 46.6. The number of aliphatic hydroxyl groups is 2. The monoisotopic (exact) mass is 1180 g/mol. The molecule has 0 unspecified atom stereocenters. The van der Waals surface area contributed by atoms with Crippen molar-refractivity contribution in [3.8, 4) is 57.1 Å². The number of carbonyl (C=O) groups excluding carboxylic acids is 7. The minimum atomic E-state index is -2.11. The number of rotatable bonds is 11. The van der Waals surface area contributed by atoms with Gasteiger partial charge in [-0.15, -0.1) is 0 Å². The molecule has 438 valence electrons. The van der Waals surface area contributed by atoms with E-state index >= 15 is 9.59 Å². The topological polar surface area (TPSA) is 374 Å². The Labute approximate surface area is 483 Å². The van der Waals surface area contributed by atoms with Crippen molar-refractivity contribution < 1.29 is 82.5 Å². The van der Waals surface area contributed by atoms with Gasteiger partial charge in [0.1, 0.15) is 71.2 Å². The second kappa shape index (κ2) is 25.1. The number of benzene rings is 5. The summed E-state index contributed by atoms with van der Waals surface area (Å²) in [5.41, 5.74) is 5.01. The highest BCUT2D eigenvalue weighted by Gasteiger charge is 2.42. The Morgan fingerprint density at radius 2 is 1.24 bits per heavy atom. The Morgan fingerprint density at radius 3 is 1.80 bits per heavy atom. The van der Waals surface area contributed by atoms with Crippen LogP contribution in [0.15, 0.2) is 78.9 Å². The van der Waals surface area contributed by atoms with E-state index in [1.54, 1.807) is 0 Å². The summed E-state index contributed by atoms with van der Waals surface area (Å²) in [7, 11) is 5.40. The number of nitrogens with two attached hydrogens (primary N) is 1. The van der Waals surface area contributed by atoms with Crippen LogP contribution >= 0.6 is 23.2 Å². The van der Waals surface area contributed by atoms with Crippen molar-refractivity contribution in [2.45, 2.75) is 81.2 Å². The second-order valence-electron chi connectivity index (χ2n) is 19.9. The van der Waals surface area contributed by atoms with Crippen molar-refractivity contribution in [3.63, 3.8) is 0 Å². The number of hydrogen-bond acceptors (Lipinski definition) is 17. The lowest BCUT2D eigenvalue weighted by atomic mass is 9.89. The van der Waals surface area contributed by atoms with Crippen molar-refractivity contribution in [1.29, 1.82) is 0 Å². The van der Waals surface area contributed by atoms with E-state index in [1.807, 2.05) is 13.8 Å². The molecule has 13 N–H and O–H groups in total. The molecule has 7 amide bonds. The van der Waals surface area contributed by atoms with Crippen molar-refractivity contribution in [2.75, 3.05) is 28.4 Å². The van der Waals surface area contributed by atoms with Gasteiger partial charge in [-0.05, 0) is 96.2 Å². The molecule has 5 aliphatic rings. The van der Waals surface area contributed by atoms with Gasteiger partial charge in [0, 0.05) is 22.8 Å². The molecule has 5 aliphatic heterocycles. The lowest BCUT2D eigenvalue weighted by Crippen LogP contribution is -2.59. The van der Waals surface area contributed by atoms with Crippen LogP contribution in [0.1, 0.15) is 84.8 Å². The highest BCUT2D eigenvalue weighted by Crippen LogP contribution is 2.48. The van der Waals surface area contributed by atoms with Crippen molar-refractivity contribution in [3.05, 3.63) is 117 Å². The van der Waals surface area contributed by atoms with E-state index in [4.69, 9.17) is 52.6 Å². The van der Waals surface area contributed by atoms with Gasteiger partial charge in [0.15, 0.2) is 17.5 Å². The number of phenols is 1. The maximum Gasteiger partial charge on any atom is 0.330 e. The average Bonchev–Trinajstić information content (AvgIpc) is 2.86. The first-order chi connectivity index (χ1) is 39.4. The zero-order valence-electron chi connectivity index (χ0n) is 45.1. The Kier molecular flexibility index (Phi) is 18.2. The van der Waals surface area contributed by atoms with Crippen molar-refractivity contribution in [2.24, 2.45) is 11.7 Å². The van der Waals surface area contributed by atoms with Crippen LogP contribution in [0.25, 0.3) is 11.1 Å². The summed E-state index contributed by atoms with van der Waals surface area (Å²) in [4.78, 5) is 115. The first-order valence-electron chi connectivity index (χ1n) is 25.6. The standard InChI is InChI=1S/C56H58Cl2N8O17/c1-22(2)13-32(60-3)50(71)65-45-47(68)24-8-11-35(30(57)15-24)82-38-17-26-18-39(49(38)70)83-36-12-9-25(16-31(36)58)48(69)46-55(76)64-44(56(77)78)29-19-27(79-4)20-37(81-6)41(29)28-14-23(7-10-34(28)80-5)42(52(73)66-46)63-53(74)43(26)62-51(72)33(21-40(59)67)61-54(45)75/h7-12,14-20,22,32-33,42-48,60,68-70H,13,21H2,1-6H3,(H2,59,67)(H,61,75)(H,62,72)(H,63,74)(H,64,76)(H,65,71)(H,66,73)(H,77,78)/t32-,33+,42-,43-,44+,45-,46+,47-,48-/m1/s1. The van der Waals surface area contributed by atoms with Gasteiger partial charge in [-0.25, -0.2) is 4.79 Å². The van der Waals surface area contributed by atoms with Gasteiger partial charge in [0.25, 0.3) is 0 Å². The molecule has 5 aromatic carbocycles. The number of aliphatic hydroxyl groups excluding tert-OH is 2. The third-order valence-corrected chi connectivity index (χ3v) is 14.6. The Balaban J connectivity index is 1.38. The van der Waals surface area contributed by atoms with Gasteiger partial charge in [-0.2, -0.15) is 0 Å². The molecular formula is C56H58Cl2N8O17. The molecule has 5 aromatic rings. The third kappa shape index (κ3) is 12.8. The Morgan fingerprint density at radius 1 is 0.663 bits per heavy atom. The Hall–Kier alpha value is -8.88. The number of carboxylic acid groups (broad SMARTS) is 1. The maximum atomic E-state index is 15.6. The first-order valence-corrected chi connectivity index (χ1v) is 26.3. The van der Waals surface area contributed by atoms with E-state index in [0.717, 1.165) is 18.2 Å². The number of amides is 7. The van der Waals surface area contributed by atoms with Gasteiger partial charge < -0.3 is 87.1 Å². The number of aromatic hydroxyl groups is 1. The molecule has 27 heteroatoms. The first kappa shape index (κ1) is 60.2. The molecule has 11 bridgehead atoms. The average molecular weight is 1190 g/mol. The molecular weight excluding hydrogens is 1130 g/mol. The molecule has 0 spiro atoms. The molecule has 83 heavy (non-hydrogen) atoms. The molecule has 0 saturated heterocycles. The highest BCUT2D eigenvalue weighted by atomic mass is 35.5. The third-order valence-electron chi connectivity index (χ3n) is 14.0. The van der Waals surface area contributed by atoms with E-state index in [9.17, 15) is 49.2 Å². The summed E-state index contributed by atoms with van der Waals surface area (Å²) in [5.74, 6) is -11.8. The van der Waals surface area contributed by atoms with E-state index in [0.29, 0.717) is 0 Å². The number of nitrogens with one attached hydrogen (secondary N) is 7. The summed E-state index contributed by atoms with van der Waals surface area (Å²) in [5, 5.41) is 64.2. The smallest absolute Gasteiger partial charge is 0.330 e. The number of likely N-dealkylation sites (N-methyl/N-ethyl adjacent to an activating group) is 1. The molecule has 0 aromatic heterocycles. The number of hydrogen-bond donors (Lipinski definition) is 12. The van der Waals surface area contributed by atoms with Gasteiger partial charge in [-0.1, -0.05) is 55.2 Å². The van der Waals surface area contributed by atoms with E-state index in [2.05, 4.69) is 37.2 Å². The number of halogens is 2. The number of methoxy groups -OCH3 is 3. The molecule has 9 atom stereocenters. The predicted molar refractivity (Wildman–Crippen MR) is 295 cm³/mol.